The molecule has 1 atom stereocenters. The number of ether oxygens (including phenoxy) is 1. The van der Waals surface area contributed by atoms with Gasteiger partial charge < -0.3 is 4.74 Å². The molecule has 0 aliphatic carbocycles. The number of nitro benzene ring substituents is 1. The molecule has 6 nitrogen and oxygen atoms in total. The second-order valence-corrected chi connectivity index (χ2v) is 3.68. The lowest BCUT2D eigenvalue weighted by Crippen LogP contribution is -2.20. The van der Waals surface area contributed by atoms with E-state index in [0.717, 1.165) is 6.07 Å². The molecule has 0 fully saturated rings. The van der Waals surface area contributed by atoms with Gasteiger partial charge in [0.2, 0.25) is 5.75 Å². The highest BCUT2D eigenvalue weighted by Gasteiger charge is 2.28. The molecule has 1 unspecified atom stereocenters. The number of aromatic nitrogens is 2. The van der Waals surface area contributed by atoms with Crippen molar-refractivity contribution in [1.82, 2.24) is 10.2 Å². The average molecular weight is 287 g/mol. The van der Waals surface area contributed by atoms with Crippen molar-refractivity contribution in [2.75, 3.05) is 0 Å². The topological polar surface area (TPSA) is 81.0 Å². The molecule has 1 heterocycles. The van der Waals surface area contributed by atoms with E-state index >= 15 is 0 Å². The number of aromatic amines is 1. The minimum absolute atomic E-state index is 0.0694. The van der Waals surface area contributed by atoms with E-state index in [1.165, 1.54) is 24.4 Å². The number of alkyl halides is 3. The normalized spacial score (nSPS) is 12.4. The second kappa shape index (κ2) is 5.59. The van der Waals surface area contributed by atoms with Crippen LogP contribution in [-0.2, 0) is 0 Å². The Bertz CT molecular complexity index is 604. The second-order valence-electron chi connectivity index (χ2n) is 3.68. The summed E-state index contributed by atoms with van der Waals surface area (Å²) >= 11 is 0. The van der Waals surface area contributed by atoms with E-state index in [9.17, 15) is 23.3 Å². The minimum atomic E-state index is -3.41. The molecule has 1 N–H and O–H groups in total. The van der Waals surface area contributed by atoms with E-state index < -0.39 is 29.1 Å². The molecule has 0 aliphatic heterocycles. The number of nitro groups is 1. The van der Waals surface area contributed by atoms with Gasteiger partial charge in [0.1, 0.15) is 0 Å². The van der Waals surface area contributed by atoms with Crippen LogP contribution in [0.1, 0.15) is 0 Å². The summed E-state index contributed by atoms with van der Waals surface area (Å²) in [4.78, 5) is 10.0. The zero-order valence-corrected chi connectivity index (χ0v) is 9.79. The van der Waals surface area contributed by atoms with Gasteiger partial charge in [-0.05, 0) is 12.1 Å². The van der Waals surface area contributed by atoms with Gasteiger partial charge in [0.05, 0.1) is 10.6 Å². The molecule has 9 heteroatoms. The molecule has 0 saturated heterocycles. The van der Waals surface area contributed by atoms with Crippen LogP contribution in [0.15, 0.2) is 30.5 Å². The van der Waals surface area contributed by atoms with E-state index in [1.807, 2.05) is 0 Å². The monoisotopic (exact) mass is 287 g/mol. The van der Waals surface area contributed by atoms with Gasteiger partial charge in [0.15, 0.2) is 0 Å². The summed E-state index contributed by atoms with van der Waals surface area (Å²) in [5.74, 6) is -0.574. The number of benzene rings is 1. The van der Waals surface area contributed by atoms with Crippen LogP contribution in [0.25, 0.3) is 11.3 Å². The molecule has 2 aromatic rings. The quantitative estimate of drug-likeness (QED) is 0.677. The van der Waals surface area contributed by atoms with Gasteiger partial charge >= 0.3 is 12.1 Å². The van der Waals surface area contributed by atoms with Crippen LogP contribution < -0.4 is 4.74 Å². The van der Waals surface area contributed by atoms with Gasteiger partial charge in [0, 0.05) is 17.8 Å². The standard InChI is InChI=1S/C11H8F3N3O3/c12-10(13)11(14)20-9-6(7-4-5-15-16-7)2-1-3-8(9)17(18)19/h1-5,10-11H,(H,15,16). The highest BCUT2D eigenvalue weighted by atomic mass is 19.3. The third kappa shape index (κ3) is 2.71. The molecule has 1 aromatic heterocycles. The molecule has 0 saturated carbocycles. The fraction of sp³-hybridized carbons (Fsp3) is 0.182. The van der Waals surface area contributed by atoms with Crippen LogP contribution in [-0.4, -0.2) is 27.9 Å². The summed E-state index contributed by atoms with van der Waals surface area (Å²) in [5, 5.41) is 17.0. The number of nitrogens with zero attached hydrogens (tertiary/aromatic N) is 2. The van der Waals surface area contributed by atoms with E-state index in [-0.39, 0.29) is 11.3 Å². The molecule has 0 aliphatic rings. The van der Waals surface area contributed by atoms with Gasteiger partial charge in [-0.15, -0.1) is 0 Å². The largest absolute Gasteiger partial charge is 0.446 e. The Balaban J connectivity index is 2.51. The molecular weight excluding hydrogens is 279 g/mol. The number of hydrogen-bond acceptors (Lipinski definition) is 4. The fourth-order valence-electron chi connectivity index (χ4n) is 1.57. The number of nitrogens with one attached hydrogen (secondary N) is 1. The summed E-state index contributed by atoms with van der Waals surface area (Å²) < 4.78 is 41.9. The van der Waals surface area contributed by atoms with Crippen LogP contribution in [0.5, 0.6) is 5.75 Å². The summed E-state index contributed by atoms with van der Waals surface area (Å²) in [6, 6.07) is 5.18. The van der Waals surface area contributed by atoms with Gasteiger partial charge in [-0.3, -0.25) is 15.2 Å². The lowest BCUT2D eigenvalue weighted by molar-refractivity contribution is -0.386. The van der Waals surface area contributed by atoms with Crippen molar-refractivity contribution < 1.29 is 22.8 Å². The molecule has 1 aromatic carbocycles. The average Bonchev–Trinajstić information content (AvgIpc) is 2.92. The van der Waals surface area contributed by atoms with Crippen LogP contribution in [0, 0.1) is 10.1 Å². The lowest BCUT2D eigenvalue weighted by atomic mass is 10.1. The predicted molar refractivity (Wildman–Crippen MR) is 62.2 cm³/mol. The SMILES string of the molecule is O=[N+]([O-])c1cccc(-c2ccn[nH]2)c1OC(F)C(F)F. The predicted octanol–water partition coefficient (Wildman–Crippen LogP) is 2.92. The van der Waals surface area contributed by atoms with Gasteiger partial charge in [-0.2, -0.15) is 9.49 Å². The first kappa shape index (κ1) is 13.8. The summed E-state index contributed by atoms with van der Waals surface area (Å²) in [5.41, 5.74) is -0.259. The smallest absolute Gasteiger partial charge is 0.311 e. The Morgan fingerprint density at radius 2 is 2.05 bits per heavy atom. The Morgan fingerprint density at radius 1 is 1.30 bits per heavy atom. The Labute approximate surface area is 110 Å². The molecule has 0 radical (unpaired) electrons. The van der Waals surface area contributed by atoms with Crippen LogP contribution in [0.2, 0.25) is 0 Å². The first-order chi connectivity index (χ1) is 9.50. The number of halogens is 3. The molecule has 2 rings (SSSR count). The van der Waals surface area contributed by atoms with E-state index in [2.05, 4.69) is 14.9 Å². The molecule has 0 amide bonds. The molecule has 106 valence electrons. The minimum Gasteiger partial charge on any atom is -0.446 e. The fourth-order valence-corrected chi connectivity index (χ4v) is 1.57. The van der Waals surface area contributed by atoms with Crippen molar-refractivity contribution >= 4 is 5.69 Å². The number of rotatable bonds is 5. The van der Waals surface area contributed by atoms with E-state index in [1.54, 1.807) is 0 Å². The third-order valence-electron chi connectivity index (χ3n) is 2.41. The summed E-state index contributed by atoms with van der Waals surface area (Å²) in [7, 11) is 0. The first-order valence-electron chi connectivity index (χ1n) is 5.36. The van der Waals surface area contributed by atoms with Crippen molar-refractivity contribution in [2.45, 2.75) is 12.8 Å². The van der Waals surface area contributed by atoms with E-state index in [4.69, 9.17) is 0 Å². The summed E-state index contributed by atoms with van der Waals surface area (Å²) in [6.45, 7) is 0. The number of H-pyrrole nitrogens is 1. The number of para-hydroxylation sites is 1. The van der Waals surface area contributed by atoms with E-state index in [0.29, 0.717) is 0 Å². The highest BCUT2D eigenvalue weighted by molar-refractivity contribution is 5.72. The Morgan fingerprint density at radius 3 is 2.60 bits per heavy atom. The lowest BCUT2D eigenvalue weighted by Gasteiger charge is -2.13. The van der Waals surface area contributed by atoms with Crippen LogP contribution in [0.4, 0.5) is 18.9 Å². The van der Waals surface area contributed by atoms with Crippen molar-refractivity contribution in [3.63, 3.8) is 0 Å². The Kier molecular flexibility index (Phi) is 3.87. The zero-order valence-electron chi connectivity index (χ0n) is 9.79. The maximum absolute atomic E-state index is 13.1. The van der Waals surface area contributed by atoms with Crippen LogP contribution >= 0.6 is 0 Å². The summed E-state index contributed by atoms with van der Waals surface area (Å²) in [6.07, 6.45) is -5.01. The van der Waals surface area contributed by atoms with Crippen molar-refractivity contribution in [3.8, 4) is 17.0 Å². The molecule has 0 spiro atoms. The zero-order chi connectivity index (χ0) is 14.7. The maximum atomic E-state index is 13.1. The maximum Gasteiger partial charge on any atom is 0.311 e. The van der Waals surface area contributed by atoms with Crippen LogP contribution in [0.3, 0.4) is 0 Å². The molecule has 20 heavy (non-hydrogen) atoms. The van der Waals surface area contributed by atoms with Gasteiger partial charge in [-0.25, -0.2) is 8.78 Å². The molecular formula is C11H8F3N3O3. The first-order valence-corrected chi connectivity index (χ1v) is 5.36. The molecule has 0 bridgehead atoms. The third-order valence-corrected chi connectivity index (χ3v) is 2.41. The number of hydrogen-bond donors (Lipinski definition) is 1. The van der Waals surface area contributed by atoms with Crippen molar-refractivity contribution in [2.24, 2.45) is 0 Å². The van der Waals surface area contributed by atoms with Crippen molar-refractivity contribution in [3.05, 3.63) is 40.6 Å². The van der Waals surface area contributed by atoms with Gasteiger partial charge in [0.25, 0.3) is 6.36 Å². The van der Waals surface area contributed by atoms with Gasteiger partial charge in [-0.1, -0.05) is 6.07 Å². The Hall–Kier alpha value is -2.58. The highest BCUT2D eigenvalue weighted by Crippen LogP contribution is 2.38. The van der Waals surface area contributed by atoms with Crippen molar-refractivity contribution in [1.29, 1.82) is 0 Å².